The number of nitrogens with one attached hydrogen (secondary N) is 1. The normalized spacial score (nSPS) is 12.7. The molecule has 3 aromatic rings. The molecular formula is C20H18N4O. The van der Waals surface area contributed by atoms with Crippen molar-refractivity contribution in [3.8, 4) is 0 Å². The van der Waals surface area contributed by atoms with Gasteiger partial charge in [-0.1, -0.05) is 18.2 Å². The first-order valence-electron chi connectivity index (χ1n) is 8.30. The van der Waals surface area contributed by atoms with E-state index in [1.165, 1.54) is 11.3 Å². The van der Waals surface area contributed by atoms with Crippen LogP contribution in [-0.2, 0) is 13.0 Å². The highest BCUT2D eigenvalue weighted by Crippen LogP contribution is 2.33. The van der Waals surface area contributed by atoms with E-state index in [1.807, 2.05) is 24.3 Å². The Bertz CT molecular complexity index is 878. The summed E-state index contributed by atoms with van der Waals surface area (Å²) in [5, 5.41) is 2.88. The summed E-state index contributed by atoms with van der Waals surface area (Å²) in [4.78, 5) is 22.8. The van der Waals surface area contributed by atoms with Crippen molar-refractivity contribution in [2.24, 2.45) is 0 Å². The molecule has 0 fully saturated rings. The van der Waals surface area contributed by atoms with Crippen LogP contribution in [0.3, 0.4) is 0 Å². The first kappa shape index (κ1) is 15.3. The number of pyridine rings is 2. The second kappa shape index (κ2) is 6.73. The Morgan fingerprint density at radius 3 is 2.72 bits per heavy atom. The van der Waals surface area contributed by atoms with Crippen LogP contribution in [-0.4, -0.2) is 22.4 Å². The minimum Gasteiger partial charge on any atom is -0.347 e. The lowest BCUT2D eigenvalue weighted by atomic mass is 10.2. The third-order valence-corrected chi connectivity index (χ3v) is 4.38. The van der Waals surface area contributed by atoms with Crippen LogP contribution in [0.4, 0.5) is 11.4 Å². The summed E-state index contributed by atoms with van der Waals surface area (Å²) in [6, 6.07) is 15.9. The highest BCUT2D eigenvalue weighted by molar-refractivity contribution is 5.92. The highest BCUT2D eigenvalue weighted by atomic mass is 16.1. The number of benzene rings is 1. The lowest BCUT2D eigenvalue weighted by molar-refractivity contribution is 0.0946. The molecule has 1 N–H and O–H groups in total. The van der Waals surface area contributed by atoms with Crippen molar-refractivity contribution in [1.29, 1.82) is 0 Å². The van der Waals surface area contributed by atoms with Gasteiger partial charge in [0, 0.05) is 31.2 Å². The summed E-state index contributed by atoms with van der Waals surface area (Å²) >= 11 is 0. The van der Waals surface area contributed by atoms with Crippen LogP contribution in [0.2, 0.25) is 0 Å². The van der Waals surface area contributed by atoms with Gasteiger partial charge in [0.15, 0.2) is 0 Å². The van der Waals surface area contributed by atoms with Gasteiger partial charge in [0.25, 0.3) is 5.91 Å². The average molecular weight is 330 g/mol. The number of hydrogen-bond acceptors (Lipinski definition) is 4. The summed E-state index contributed by atoms with van der Waals surface area (Å²) in [5.41, 5.74) is 5.01. The Labute approximate surface area is 146 Å². The molecular weight excluding hydrogens is 312 g/mol. The summed E-state index contributed by atoms with van der Waals surface area (Å²) < 4.78 is 0. The number of hydrogen-bond donors (Lipinski definition) is 1. The second-order valence-corrected chi connectivity index (χ2v) is 5.97. The highest BCUT2D eigenvalue weighted by Gasteiger charge is 2.20. The SMILES string of the molecule is O=C(NCc1ccncc1)c1ccc(N2CCc3ccccc32)cn1. The average Bonchev–Trinajstić information content (AvgIpc) is 3.11. The smallest absolute Gasteiger partial charge is 0.270 e. The maximum atomic E-state index is 12.2. The number of anilines is 2. The summed E-state index contributed by atoms with van der Waals surface area (Å²) in [6.45, 7) is 1.40. The molecule has 0 saturated heterocycles. The molecule has 0 atom stereocenters. The van der Waals surface area contributed by atoms with Crippen LogP contribution < -0.4 is 10.2 Å². The van der Waals surface area contributed by atoms with Crippen LogP contribution in [0.15, 0.2) is 67.1 Å². The molecule has 0 radical (unpaired) electrons. The zero-order valence-corrected chi connectivity index (χ0v) is 13.7. The van der Waals surface area contributed by atoms with E-state index < -0.39 is 0 Å². The third kappa shape index (κ3) is 3.21. The summed E-state index contributed by atoms with van der Waals surface area (Å²) in [7, 11) is 0. The van der Waals surface area contributed by atoms with E-state index in [2.05, 4.69) is 38.4 Å². The molecule has 124 valence electrons. The molecule has 4 rings (SSSR count). The molecule has 5 heteroatoms. The van der Waals surface area contributed by atoms with Crippen molar-refractivity contribution in [3.63, 3.8) is 0 Å². The van der Waals surface area contributed by atoms with Crippen LogP contribution in [0.5, 0.6) is 0 Å². The molecule has 1 aliphatic heterocycles. The van der Waals surface area contributed by atoms with E-state index in [9.17, 15) is 4.79 Å². The van der Waals surface area contributed by atoms with Crippen LogP contribution >= 0.6 is 0 Å². The third-order valence-electron chi connectivity index (χ3n) is 4.38. The summed E-state index contributed by atoms with van der Waals surface area (Å²) in [5.74, 6) is -0.176. The van der Waals surface area contributed by atoms with Gasteiger partial charge in [-0.05, 0) is 47.9 Å². The largest absolute Gasteiger partial charge is 0.347 e. The van der Waals surface area contributed by atoms with Gasteiger partial charge in [-0.2, -0.15) is 0 Å². The molecule has 3 heterocycles. The van der Waals surface area contributed by atoms with Crippen molar-refractivity contribution >= 4 is 17.3 Å². The maximum absolute atomic E-state index is 12.2. The minimum atomic E-state index is -0.176. The van der Waals surface area contributed by atoms with Crippen LogP contribution in [0.1, 0.15) is 21.6 Å². The molecule has 1 aromatic carbocycles. The van der Waals surface area contributed by atoms with Crippen molar-refractivity contribution in [3.05, 3.63) is 83.9 Å². The number of fused-ring (bicyclic) bond motifs is 1. The lowest BCUT2D eigenvalue weighted by Gasteiger charge is -2.19. The zero-order chi connectivity index (χ0) is 17.1. The van der Waals surface area contributed by atoms with Crippen molar-refractivity contribution < 1.29 is 4.79 Å². The van der Waals surface area contributed by atoms with Gasteiger partial charge in [-0.15, -0.1) is 0 Å². The van der Waals surface area contributed by atoms with E-state index in [-0.39, 0.29) is 5.91 Å². The molecule has 0 saturated carbocycles. The van der Waals surface area contributed by atoms with Gasteiger partial charge in [-0.25, -0.2) is 4.98 Å². The lowest BCUT2D eigenvalue weighted by Crippen LogP contribution is -2.24. The minimum absolute atomic E-state index is 0.176. The number of nitrogens with zero attached hydrogens (tertiary/aromatic N) is 3. The van der Waals surface area contributed by atoms with Crippen molar-refractivity contribution in [1.82, 2.24) is 15.3 Å². The van der Waals surface area contributed by atoms with Gasteiger partial charge in [0.2, 0.25) is 0 Å². The van der Waals surface area contributed by atoms with Crippen LogP contribution in [0, 0.1) is 0 Å². The quantitative estimate of drug-likeness (QED) is 0.798. The first-order chi connectivity index (χ1) is 12.3. The Hall–Kier alpha value is -3.21. The number of carbonyl (C=O) groups excluding carboxylic acids is 1. The molecule has 2 aromatic heterocycles. The van der Waals surface area contributed by atoms with E-state index in [4.69, 9.17) is 0 Å². The molecule has 5 nitrogen and oxygen atoms in total. The standard InChI is InChI=1S/C20H18N4O/c25-20(23-13-15-7-10-21-11-8-15)18-6-5-17(14-22-18)24-12-9-16-3-1-2-4-19(16)24/h1-8,10-11,14H,9,12-13H2,(H,23,25). The fourth-order valence-electron chi connectivity index (χ4n) is 3.06. The number of para-hydroxylation sites is 1. The molecule has 0 bridgehead atoms. The predicted octanol–water partition coefficient (Wildman–Crippen LogP) is 3.10. The topological polar surface area (TPSA) is 58.1 Å². The first-order valence-corrected chi connectivity index (χ1v) is 8.30. The van der Waals surface area contributed by atoms with Gasteiger partial charge in [0.05, 0.1) is 11.9 Å². The monoisotopic (exact) mass is 330 g/mol. The van der Waals surface area contributed by atoms with E-state index >= 15 is 0 Å². The molecule has 0 aliphatic carbocycles. The number of aromatic nitrogens is 2. The Kier molecular flexibility index (Phi) is 4.12. The van der Waals surface area contributed by atoms with Crippen molar-refractivity contribution in [2.45, 2.75) is 13.0 Å². The predicted molar refractivity (Wildman–Crippen MR) is 96.8 cm³/mol. The number of amides is 1. The molecule has 0 unspecified atom stereocenters. The zero-order valence-electron chi connectivity index (χ0n) is 13.7. The van der Waals surface area contributed by atoms with Gasteiger partial charge >= 0.3 is 0 Å². The Morgan fingerprint density at radius 2 is 1.92 bits per heavy atom. The Morgan fingerprint density at radius 1 is 1.08 bits per heavy atom. The maximum Gasteiger partial charge on any atom is 0.270 e. The number of carbonyl (C=O) groups is 1. The second-order valence-electron chi connectivity index (χ2n) is 5.97. The van der Waals surface area contributed by atoms with Crippen LogP contribution in [0.25, 0.3) is 0 Å². The summed E-state index contributed by atoms with van der Waals surface area (Å²) in [6.07, 6.45) is 6.22. The molecule has 0 spiro atoms. The molecule has 1 aliphatic rings. The molecule has 1 amide bonds. The number of rotatable bonds is 4. The Balaban J connectivity index is 1.45. The van der Waals surface area contributed by atoms with Gasteiger partial charge in [0.1, 0.15) is 5.69 Å². The van der Waals surface area contributed by atoms with E-state index in [1.54, 1.807) is 24.7 Å². The van der Waals surface area contributed by atoms with E-state index in [0.717, 1.165) is 24.2 Å². The van der Waals surface area contributed by atoms with E-state index in [0.29, 0.717) is 12.2 Å². The van der Waals surface area contributed by atoms with Crippen molar-refractivity contribution in [2.75, 3.05) is 11.4 Å². The molecule has 25 heavy (non-hydrogen) atoms. The fraction of sp³-hybridized carbons (Fsp3) is 0.150. The fourth-order valence-corrected chi connectivity index (χ4v) is 3.06. The van der Waals surface area contributed by atoms with Gasteiger partial charge < -0.3 is 10.2 Å². The van der Waals surface area contributed by atoms with Gasteiger partial charge in [-0.3, -0.25) is 9.78 Å².